The first kappa shape index (κ1) is 7.94. The number of aromatic hydroxyl groups is 1. The van der Waals surface area contributed by atoms with Crippen molar-refractivity contribution in [3.05, 3.63) is 28.1 Å². The highest BCUT2D eigenvalue weighted by Gasteiger charge is 2.13. The van der Waals surface area contributed by atoms with Crippen LogP contribution in [-0.2, 0) is 0 Å². The number of pyridine rings is 1. The number of nitriles is 1. The zero-order valence-corrected chi connectivity index (χ0v) is 5.76. The van der Waals surface area contributed by atoms with Crippen LogP contribution in [0.15, 0.2) is 12.3 Å². The van der Waals surface area contributed by atoms with Gasteiger partial charge in [0, 0.05) is 0 Å². The van der Waals surface area contributed by atoms with Crippen molar-refractivity contribution >= 4 is 5.69 Å². The molecule has 0 saturated heterocycles. The zero-order chi connectivity index (χ0) is 9.14. The molecule has 1 heterocycles. The summed E-state index contributed by atoms with van der Waals surface area (Å²) in [5.41, 5.74) is -0.610. The number of nitrogens with zero attached hydrogens (tertiary/aromatic N) is 3. The van der Waals surface area contributed by atoms with Crippen molar-refractivity contribution in [2.45, 2.75) is 0 Å². The maximum Gasteiger partial charge on any atom is 0.315 e. The normalized spacial score (nSPS) is 8.92. The van der Waals surface area contributed by atoms with Crippen molar-refractivity contribution in [2.24, 2.45) is 0 Å². The lowest BCUT2D eigenvalue weighted by atomic mass is 10.3. The van der Waals surface area contributed by atoms with Crippen LogP contribution < -0.4 is 0 Å². The average Bonchev–Trinajstić information content (AvgIpc) is 2.05. The van der Waals surface area contributed by atoms with E-state index in [1.165, 1.54) is 0 Å². The fourth-order valence-corrected chi connectivity index (χ4v) is 0.645. The number of rotatable bonds is 1. The van der Waals surface area contributed by atoms with Crippen LogP contribution in [0.1, 0.15) is 5.69 Å². The molecule has 0 amide bonds. The lowest BCUT2D eigenvalue weighted by Gasteiger charge is -1.93. The van der Waals surface area contributed by atoms with Gasteiger partial charge in [0.1, 0.15) is 11.8 Å². The molecule has 0 aliphatic rings. The van der Waals surface area contributed by atoms with E-state index < -0.39 is 16.4 Å². The van der Waals surface area contributed by atoms with Gasteiger partial charge in [-0.3, -0.25) is 10.1 Å². The molecule has 0 atom stereocenters. The first-order chi connectivity index (χ1) is 5.65. The molecule has 0 spiro atoms. The number of hydrogen-bond donors (Lipinski definition) is 1. The van der Waals surface area contributed by atoms with Crippen molar-refractivity contribution in [2.75, 3.05) is 0 Å². The molecule has 6 nitrogen and oxygen atoms in total. The molecule has 0 radical (unpaired) electrons. The summed E-state index contributed by atoms with van der Waals surface area (Å²) in [5, 5.41) is 27.4. The molecular formula is C6H3N3O3. The van der Waals surface area contributed by atoms with Crippen molar-refractivity contribution in [3.8, 4) is 11.8 Å². The summed E-state index contributed by atoms with van der Waals surface area (Å²) < 4.78 is 0. The van der Waals surface area contributed by atoms with E-state index in [1.54, 1.807) is 6.07 Å². The van der Waals surface area contributed by atoms with Gasteiger partial charge >= 0.3 is 5.69 Å². The highest BCUT2D eigenvalue weighted by atomic mass is 16.6. The quantitative estimate of drug-likeness (QED) is 0.484. The molecule has 0 fully saturated rings. The average molecular weight is 165 g/mol. The van der Waals surface area contributed by atoms with E-state index in [0.29, 0.717) is 0 Å². The molecule has 60 valence electrons. The molecule has 1 N–H and O–H groups in total. The number of aromatic nitrogens is 1. The van der Waals surface area contributed by atoms with Gasteiger partial charge in [-0.25, -0.2) is 4.98 Å². The molecule has 6 heteroatoms. The van der Waals surface area contributed by atoms with E-state index in [-0.39, 0.29) is 5.69 Å². The van der Waals surface area contributed by atoms with E-state index in [2.05, 4.69) is 4.98 Å². The van der Waals surface area contributed by atoms with Crippen molar-refractivity contribution in [1.29, 1.82) is 5.26 Å². The van der Waals surface area contributed by atoms with Crippen molar-refractivity contribution in [3.63, 3.8) is 0 Å². The van der Waals surface area contributed by atoms with Gasteiger partial charge in [-0.1, -0.05) is 0 Å². The molecule has 0 bridgehead atoms. The van der Waals surface area contributed by atoms with Crippen LogP contribution in [0.3, 0.4) is 0 Å². The topological polar surface area (TPSA) is 100 Å². The molecule has 1 aromatic rings. The van der Waals surface area contributed by atoms with E-state index in [1.807, 2.05) is 0 Å². The summed E-state index contributed by atoms with van der Waals surface area (Å²) in [7, 11) is 0. The summed E-state index contributed by atoms with van der Waals surface area (Å²) >= 11 is 0. The molecule has 0 aromatic carbocycles. The van der Waals surface area contributed by atoms with E-state index in [0.717, 1.165) is 12.3 Å². The maximum atomic E-state index is 10.2. The van der Waals surface area contributed by atoms with Gasteiger partial charge in [-0.2, -0.15) is 5.26 Å². The summed E-state index contributed by atoms with van der Waals surface area (Å²) in [6, 6.07) is 2.53. The second-order valence-corrected chi connectivity index (χ2v) is 1.93. The smallest absolute Gasteiger partial charge is 0.315 e. The predicted octanol–water partition coefficient (Wildman–Crippen LogP) is 0.567. The van der Waals surface area contributed by atoms with Crippen LogP contribution in [0.2, 0.25) is 0 Å². The van der Waals surface area contributed by atoms with E-state index in [4.69, 9.17) is 10.4 Å². The highest BCUT2D eigenvalue weighted by Crippen LogP contribution is 2.23. The van der Waals surface area contributed by atoms with Gasteiger partial charge in [-0.15, -0.1) is 0 Å². The fraction of sp³-hybridized carbons (Fsp3) is 0. The minimum absolute atomic E-state index is 0.0977. The third-order valence-electron chi connectivity index (χ3n) is 1.17. The molecule has 12 heavy (non-hydrogen) atoms. The first-order valence-electron chi connectivity index (χ1n) is 2.88. The third-order valence-corrected chi connectivity index (χ3v) is 1.17. The minimum Gasteiger partial charge on any atom is -0.501 e. The van der Waals surface area contributed by atoms with Gasteiger partial charge in [0.25, 0.3) is 0 Å². The standard InChI is InChI=1S/C6H3N3O3/c7-2-4-1-5(9(11)12)6(10)3-8-4/h1,3,10H. The summed E-state index contributed by atoms with van der Waals surface area (Å²) in [6.07, 6.45) is 0.872. The van der Waals surface area contributed by atoms with Crippen molar-refractivity contribution in [1.82, 2.24) is 4.98 Å². The van der Waals surface area contributed by atoms with Crippen molar-refractivity contribution < 1.29 is 10.0 Å². The minimum atomic E-state index is -0.780. The number of nitro groups is 1. The monoisotopic (exact) mass is 165 g/mol. The predicted molar refractivity (Wildman–Crippen MR) is 37.3 cm³/mol. The third kappa shape index (κ3) is 1.29. The SMILES string of the molecule is N#Cc1cc([N+](=O)[O-])c(O)cn1. The Morgan fingerprint density at radius 1 is 1.75 bits per heavy atom. The van der Waals surface area contributed by atoms with E-state index in [9.17, 15) is 10.1 Å². The van der Waals surface area contributed by atoms with Crippen LogP contribution >= 0.6 is 0 Å². The van der Waals surface area contributed by atoms with Crippen LogP contribution in [0.4, 0.5) is 5.69 Å². The second kappa shape index (κ2) is 2.84. The van der Waals surface area contributed by atoms with Crippen LogP contribution in [0, 0.1) is 21.4 Å². The molecule has 0 unspecified atom stereocenters. The first-order valence-corrected chi connectivity index (χ1v) is 2.88. The Labute approximate surface area is 66.9 Å². The molecule has 0 saturated carbocycles. The number of hydrogen-bond acceptors (Lipinski definition) is 5. The zero-order valence-electron chi connectivity index (χ0n) is 5.76. The van der Waals surface area contributed by atoms with E-state index >= 15 is 0 Å². The summed E-state index contributed by atoms with van der Waals surface area (Å²) in [5.74, 6) is -0.543. The molecule has 1 rings (SSSR count). The maximum absolute atomic E-state index is 10.2. The molecular weight excluding hydrogens is 162 g/mol. The van der Waals surface area contributed by atoms with Gasteiger partial charge in [0.05, 0.1) is 17.2 Å². The Morgan fingerprint density at radius 3 is 2.92 bits per heavy atom. The Balaban J connectivity index is 3.28. The van der Waals surface area contributed by atoms with Crippen LogP contribution in [-0.4, -0.2) is 15.0 Å². The summed E-state index contributed by atoms with van der Waals surface area (Å²) in [6.45, 7) is 0. The molecule has 0 aliphatic heterocycles. The Morgan fingerprint density at radius 2 is 2.42 bits per heavy atom. The largest absolute Gasteiger partial charge is 0.501 e. The highest BCUT2D eigenvalue weighted by molar-refractivity contribution is 5.46. The Hall–Kier alpha value is -2.16. The lowest BCUT2D eigenvalue weighted by Crippen LogP contribution is -1.91. The lowest BCUT2D eigenvalue weighted by molar-refractivity contribution is -0.386. The fourth-order valence-electron chi connectivity index (χ4n) is 0.645. The molecule has 0 aliphatic carbocycles. The van der Waals surface area contributed by atoms with Gasteiger partial charge in [0.15, 0.2) is 0 Å². The van der Waals surface area contributed by atoms with Crippen LogP contribution in [0.25, 0.3) is 0 Å². The van der Waals surface area contributed by atoms with Gasteiger partial charge < -0.3 is 5.11 Å². The van der Waals surface area contributed by atoms with Gasteiger partial charge in [-0.05, 0) is 0 Å². The van der Waals surface area contributed by atoms with Gasteiger partial charge in [0.2, 0.25) is 5.75 Å². The van der Waals surface area contributed by atoms with Crippen LogP contribution in [0.5, 0.6) is 5.75 Å². The second-order valence-electron chi connectivity index (χ2n) is 1.93. The Bertz CT molecular complexity index is 369. The Kier molecular flexibility index (Phi) is 1.88. The molecule has 1 aromatic heterocycles. The summed E-state index contributed by atoms with van der Waals surface area (Å²) in [4.78, 5) is 12.8.